The average Bonchev–Trinajstić information content (AvgIpc) is 2.50. The van der Waals surface area contributed by atoms with Crippen LogP contribution in [0.5, 0.6) is 11.6 Å². The van der Waals surface area contributed by atoms with E-state index in [1.807, 2.05) is 31.2 Å². The predicted octanol–water partition coefficient (Wildman–Crippen LogP) is 2.96. The monoisotopic (exact) mass is 288 g/mol. The third-order valence-electron chi connectivity index (χ3n) is 3.33. The molecule has 21 heavy (non-hydrogen) atoms. The van der Waals surface area contributed by atoms with Crippen molar-refractivity contribution < 1.29 is 14.2 Å². The van der Waals surface area contributed by atoms with Crippen LogP contribution in [0.2, 0.25) is 0 Å². The van der Waals surface area contributed by atoms with Crippen molar-refractivity contribution >= 4 is 5.69 Å². The fourth-order valence-electron chi connectivity index (χ4n) is 2.11. The molecule has 0 saturated heterocycles. The van der Waals surface area contributed by atoms with Crippen molar-refractivity contribution in [3.63, 3.8) is 0 Å². The van der Waals surface area contributed by atoms with Crippen LogP contribution in [0, 0.1) is 0 Å². The third-order valence-corrected chi connectivity index (χ3v) is 3.33. The summed E-state index contributed by atoms with van der Waals surface area (Å²) >= 11 is 0. The quantitative estimate of drug-likeness (QED) is 0.885. The highest BCUT2D eigenvalue weighted by atomic mass is 16.5. The van der Waals surface area contributed by atoms with E-state index < -0.39 is 5.60 Å². The number of nitrogens with two attached hydrogens (primary N) is 1. The highest BCUT2D eigenvalue weighted by Crippen LogP contribution is 2.35. The van der Waals surface area contributed by atoms with Crippen molar-refractivity contribution in [2.75, 3.05) is 26.6 Å². The summed E-state index contributed by atoms with van der Waals surface area (Å²) in [6.45, 7) is 2.35. The van der Waals surface area contributed by atoms with Gasteiger partial charge in [0.05, 0.1) is 12.3 Å². The minimum absolute atomic E-state index is 0.376. The second-order valence-electron chi connectivity index (χ2n) is 4.86. The van der Waals surface area contributed by atoms with Gasteiger partial charge in [-0.25, -0.2) is 4.98 Å². The van der Waals surface area contributed by atoms with Gasteiger partial charge in [0.25, 0.3) is 0 Å². The second-order valence-corrected chi connectivity index (χ2v) is 4.86. The number of rotatable bonds is 6. The molecule has 1 aromatic carbocycles. The molecule has 0 spiro atoms. The topological polar surface area (TPSA) is 66.6 Å². The van der Waals surface area contributed by atoms with E-state index in [2.05, 4.69) is 4.98 Å². The summed E-state index contributed by atoms with van der Waals surface area (Å²) in [7, 11) is 3.28. The first-order valence-corrected chi connectivity index (χ1v) is 6.62. The normalized spacial score (nSPS) is 13.7. The molecule has 1 aromatic heterocycles. The van der Waals surface area contributed by atoms with E-state index in [1.54, 1.807) is 32.5 Å². The zero-order valence-electron chi connectivity index (χ0n) is 12.5. The second kappa shape index (κ2) is 6.56. The van der Waals surface area contributed by atoms with E-state index in [4.69, 9.17) is 19.9 Å². The molecule has 112 valence electrons. The van der Waals surface area contributed by atoms with Crippen molar-refractivity contribution in [1.82, 2.24) is 4.98 Å². The van der Waals surface area contributed by atoms with Gasteiger partial charge in [0.15, 0.2) is 0 Å². The fraction of sp³-hybridized carbons (Fsp3) is 0.312. The molecular weight excluding hydrogens is 268 g/mol. The number of hydrogen-bond acceptors (Lipinski definition) is 5. The lowest BCUT2D eigenvalue weighted by atomic mass is 9.95. The number of pyridine rings is 1. The first-order valence-electron chi connectivity index (χ1n) is 6.62. The van der Waals surface area contributed by atoms with E-state index >= 15 is 0 Å². The molecule has 0 aliphatic rings. The molecule has 1 heterocycles. The molecule has 2 aromatic rings. The van der Waals surface area contributed by atoms with E-state index in [-0.39, 0.29) is 0 Å². The highest BCUT2D eigenvalue weighted by Gasteiger charge is 2.30. The van der Waals surface area contributed by atoms with Crippen LogP contribution in [0.3, 0.4) is 0 Å². The van der Waals surface area contributed by atoms with Gasteiger partial charge in [0.1, 0.15) is 11.4 Å². The smallest absolute Gasteiger partial charge is 0.242 e. The molecule has 0 saturated carbocycles. The molecule has 1 atom stereocenters. The standard InChI is InChI=1S/C16H20N2O3/c1-16(20-3,11-19-2)12-7-4-5-9-14(12)21-15-13(17)8-6-10-18-15/h4-10H,11,17H2,1-3H3. The molecule has 0 bridgehead atoms. The molecule has 5 nitrogen and oxygen atoms in total. The van der Waals surface area contributed by atoms with Crippen LogP contribution in [-0.4, -0.2) is 25.8 Å². The lowest BCUT2D eigenvalue weighted by Crippen LogP contribution is -2.30. The molecule has 0 fully saturated rings. The SMILES string of the molecule is COCC(C)(OC)c1ccccc1Oc1ncccc1N. The summed E-state index contributed by atoms with van der Waals surface area (Å²) < 4.78 is 16.7. The van der Waals surface area contributed by atoms with Gasteiger partial charge in [-0.1, -0.05) is 18.2 Å². The van der Waals surface area contributed by atoms with Crippen molar-refractivity contribution in [3.05, 3.63) is 48.2 Å². The molecule has 1 unspecified atom stereocenters. The molecular formula is C16H20N2O3. The van der Waals surface area contributed by atoms with Gasteiger partial charge in [-0.15, -0.1) is 0 Å². The van der Waals surface area contributed by atoms with E-state index in [0.29, 0.717) is 23.9 Å². The summed E-state index contributed by atoms with van der Waals surface area (Å²) in [6, 6.07) is 11.1. The van der Waals surface area contributed by atoms with Crippen LogP contribution < -0.4 is 10.5 Å². The summed E-state index contributed by atoms with van der Waals surface area (Å²) in [4.78, 5) is 4.15. The molecule has 0 amide bonds. The summed E-state index contributed by atoms with van der Waals surface area (Å²) in [6.07, 6.45) is 1.64. The number of nitrogens with zero attached hydrogens (tertiary/aromatic N) is 1. The largest absolute Gasteiger partial charge is 0.437 e. The number of nitrogen functional groups attached to an aromatic ring is 1. The Bertz CT molecular complexity index is 604. The zero-order valence-corrected chi connectivity index (χ0v) is 12.5. The van der Waals surface area contributed by atoms with Crippen molar-refractivity contribution in [1.29, 1.82) is 0 Å². The van der Waals surface area contributed by atoms with Crippen LogP contribution >= 0.6 is 0 Å². The first kappa shape index (κ1) is 15.3. The number of para-hydroxylation sites is 1. The Morgan fingerprint density at radius 3 is 2.57 bits per heavy atom. The van der Waals surface area contributed by atoms with Crippen LogP contribution in [0.4, 0.5) is 5.69 Å². The first-order chi connectivity index (χ1) is 10.1. The predicted molar refractivity (Wildman–Crippen MR) is 81.4 cm³/mol. The maximum atomic E-state index is 5.88. The Hall–Kier alpha value is -2.11. The van der Waals surface area contributed by atoms with Gasteiger partial charge in [-0.2, -0.15) is 0 Å². The Morgan fingerprint density at radius 2 is 1.90 bits per heavy atom. The Kier molecular flexibility index (Phi) is 4.77. The van der Waals surface area contributed by atoms with Gasteiger partial charge in [0, 0.05) is 26.0 Å². The number of anilines is 1. The number of aromatic nitrogens is 1. The Morgan fingerprint density at radius 1 is 1.14 bits per heavy atom. The molecule has 0 aliphatic heterocycles. The van der Waals surface area contributed by atoms with Gasteiger partial charge in [-0.3, -0.25) is 0 Å². The Labute approximate surface area is 124 Å². The number of methoxy groups -OCH3 is 2. The Balaban J connectivity index is 2.39. The minimum atomic E-state index is -0.616. The van der Waals surface area contributed by atoms with Crippen molar-refractivity contribution in [2.45, 2.75) is 12.5 Å². The number of ether oxygens (including phenoxy) is 3. The lowest BCUT2D eigenvalue weighted by Gasteiger charge is -2.29. The van der Waals surface area contributed by atoms with E-state index in [9.17, 15) is 0 Å². The maximum Gasteiger partial charge on any atom is 0.242 e. The van der Waals surface area contributed by atoms with Gasteiger partial charge >= 0.3 is 0 Å². The minimum Gasteiger partial charge on any atom is -0.437 e. The van der Waals surface area contributed by atoms with Crippen LogP contribution in [-0.2, 0) is 15.1 Å². The fourth-order valence-corrected chi connectivity index (χ4v) is 2.11. The van der Waals surface area contributed by atoms with Crippen LogP contribution in [0.25, 0.3) is 0 Å². The summed E-state index contributed by atoms with van der Waals surface area (Å²) in [5, 5.41) is 0. The number of benzene rings is 1. The van der Waals surface area contributed by atoms with Crippen molar-refractivity contribution in [2.24, 2.45) is 0 Å². The summed E-state index contributed by atoms with van der Waals surface area (Å²) in [5.74, 6) is 1.02. The van der Waals surface area contributed by atoms with Crippen molar-refractivity contribution in [3.8, 4) is 11.6 Å². The van der Waals surface area contributed by atoms with E-state index in [1.165, 1.54) is 0 Å². The average molecular weight is 288 g/mol. The van der Waals surface area contributed by atoms with Gasteiger partial charge in [0.2, 0.25) is 5.88 Å². The number of hydrogen-bond donors (Lipinski definition) is 1. The molecule has 0 radical (unpaired) electrons. The molecule has 2 N–H and O–H groups in total. The van der Waals surface area contributed by atoms with Crippen LogP contribution in [0.15, 0.2) is 42.6 Å². The van der Waals surface area contributed by atoms with E-state index in [0.717, 1.165) is 5.56 Å². The summed E-state index contributed by atoms with van der Waals surface area (Å²) in [5.41, 5.74) is 6.62. The lowest BCUT2D eigenvalue weighted by molar-refractivity contribution is -0.0565. The molecule has 0 aliphatic carbocycles. The maximum absolute atomic E-state index is 5.88. The van der Waals surface area contributed by atoms with Crippen LogP contribution in [0.1, 0.15) is 12.5 Å². The molecule has 2 rings (SSSR count). The molecule has 5 heteroatoms. The van der Waals surface area contributed by atoms with Gasteiger partial charge < -0.3 is 19.9 Å². The third kappa shape index (κ3) is 3.32. The van der Waals surface area contributed by atoms with Gasteiger partial charge in [-0.05, 0) is 25.1 Å². The highest BCUT2D eigenvalue weighted by molar-refractivity contribution is 5.50. The zero-order chi connectivity index (χ0) is 15.3.